The van der Waals surface area contributed by atoms with E-state index in [0.717, 1.165) is 0 Å². The zero-order chi connectivity index (χ0) is 9.97. The van der Waals surface area contributed by atoms with Crippen molar-refractivity contribution in [1.29, 1.82) is 0 Å². The highest BCUT2D eigenvalue weighted by Crippen LogP contribution is 2.11. The van der Waals surface area contributed by atoms with E-state index in [-0.39, 0.29) is 12.0 Å². The number of hydrogen-bond donors (Lipinski definition) is 1. The molecule has 1 amide bonds. The first kappa shape index (κ1) is 9.15. The van der Waals surface area contributed by atoms with Gasteiger partial charge in [-0.3, -0.25) is 9.78 Å². The van der Waals surface area contributed by atoms with E-state index in [9.17, 15) is 9.90 Å². The van der Waals surface area contributed by atoms with Crippen molar-refractivity contribution in [3.05, 3.63) is 30.1 Å². The summed E-state index contributed by atoms with van der Waals surface area (Å²) in [6.07, 6.45) is 1.89. The third-order valence-electron chi connectivity index (χ3n) is 2.33. The maximum Gasteiger partial charge on any atom is 0.272 e. The number of β-amino-alcohol motifs (C(OH)–C–C–N with tert-alkyl or cyclic N) is 1. The Kier molecular flexibility index (Phi) is 2.45. The van der Waals surface area contributed by atoms with Crippen molar-refractivity contribution in [2.75, 3.05) is 13.1 Å². The zero-order valence-corrected chi connectivity index (χ0v) is 7.76. The molecule has 4 heteroatoms. The number of pyridine rings is 1. The summed E-state index contributed by atoms with van der Waals surface area (Å²) in [6, 6.07) is 5.25. The number of amides is 1. The summed E-state index contributed by atoms with van der Waals surface area (Å²) in [5.74, 6) is -0.0952. The fourth-order valence-corrected chi connectivity index (χ4v) is 1.58. The second kappa shape index (κ2) is 3.75. The minimum Gasteiger partial charge on any atom is -0.391 e. The van der Waals surface area contributed by atoms with Gasteiger partial charge in [-0.15, -0.1) is 0 Å². The molecule has 1 aliphatic heterocycles. The summed E-state index contributed by atoms with van der Waals surface area (Å²) in [6.45, 7) is 1.05. The molecule has 1 aliphatic rings. The Morgan fingerprint density at radius 1 is 1.57 bits per heavy atom. The Labute approximate surface area is 82.2 Å². The van der Waals surface area contributed by atoms with Gasteiger partial charge >= 0.3 is 0 Å². The van der Waals surface area contributed by atoms with Crippen molar-refractivity contribution in [2.24, 2.45) is 0 Å². The van der Waals surface area contributed by atoms with Crippen LogP contribution in [0, 0.1) is 0 Å². The monoisotopic (exact) mass is 192 g/mol. The number of carbonyl (C=O) groups is 1. The van der Waals surface area contributed by atoms with E-state index in [1.165, 1.54) is 0 Å². The van der Waals surface area contributed by atoms with Gasteiger partial charge in [0.1, 0.15) is 5.69 Å². The average Bonchev–Trinajstić information content (AvgIpc) is 2.65. The Balaban J connectivity index is 2.10. The molecule has 2 heterocycles. The lowest BCUT2D eigenvalue weighted by Gasteiger charge is -2.14. The molecule has 0 radical (unpaired) electrons. The van der Waals surface area contributed by atoms with E-state index in [2.05, 4.69) is 4.98 Å². The lowest BCUT2D eigenvalue weighted by atomic mass is 10.3. The molecule has 74 valence electrons. The van der Waals surface area contributed by atoms with Gasteiger partial charge in [-0.05, 0) is 18.6 Å². The van der Waals surface area contributed by atoms with Gasteiger partial charge in [-0.1, -0.05) is 6.07 Å². The molecule has 0 bridgehead atoms. The van der Waals surface area contributed by atoms with Gasteiger partial charge in [0.2, 0.25) is 0 Å². The normalized spacial score (nSPS) is 21.2. The first-order valence-corrected chi connectivity index (χ1v) is 4.66. The van der Waals surface area contributed by atoms with Gasteiger partial charge in [0.25, 0.3) is 5.91 Å². The van der Waals surface area contributed by atoms with Crippen LogP contribution in [0.25, 0.3) is 0 Å². The molecule has 1 saturated heterocycles. The first-order chi connectivity index (χ1) is 6.77. The topological polar surface area (TPSA) is 53.4 Å². The van der Waals surface area contributed by atoms with E-state index in [0.29, 0.717) is 25.2 Å². The summed E-state index contributed by atoms with van der Waals surface area (Å²) in [5.41, 5.74) is 0.446. The molecule has 0 saturated carbocycles. The highest BCUT2D eigenvalue weighted by molar-refractivity contribution is 5.92. The van der Waals surface area contributed by atoms with E-state index >= 15 is 0 Å². The lowest BCUT2D eigenvalue weighted by molar-refractivity contribution is 0.0759. The highest BCUT2D eigenvalue weighted by atomic mass is 16.3. The van der Waals surface area contributed by atoms with Crippen LogP contribution in [0.4, 0.5) is 0 Å². The van der Waals surface area contributed by atoms with E-state index < -0.39 is 0 Å². The van der Waals surface area contributed by atoms with Gasteiger partial charge in [-0.25, -0.2) is 0 Å². The average molecular weight is 192 g/mol. The quantitative estimate of drug-likeness (QED) is 0.695. The molecule has 2 rings (SSSR count). The summed E-state index contributed by atoms with van der Waals surface area (Å²) >= 11 is 0. The van der Waals surface area contributed by atoms with Crippen LogP contribution in [0.15, 0.2) is 24.4 Å². The van der Waals surface area contributed by atoms with Crippen molar-refractivity contribution in [3.8, 4) is 0 Å². The van der Waals surface area contributed by atoms with Crippen molar-refractivity contribution in [3.63, 3.8) is 0 Å². The number of nitrogens with zero attached hydrogens (tertiary/aromatic N) is 2. The summed E-state index contributed by atoms with van der Waals surface area (Å²) in [5, 5.41) is 9.28. The number of carbonyl (C=O) groups excluding carboxylic acids is 1. The second-order valence-corrected chi connectivity index (χ2v) is 3.41. The van der Waals surface area contributed by atoms with Gasteiger partial charge in [0.05, 0.1) is 6.10 Å². The Hall–Kier alpha value is -1.42. The molecular formula is C10H12N2O2. The van der Waals surface area contributed by atoms with Crippen molar-refractivity contribution < 1.29 is 9.90 Å². The van der Waals surface area contributed by atoms with Crippen molar-refractivity contribution >= 4 is 5.91 Å². The molecule has 0 aromatic carbocycles. The van der Waals surface area contributed by atoms with Gasteiger partial charge in [-0.2, -0.15) is 0 Å². The van der Waals surface area contributed by atoms with Crippen molar-refractivity contribution in [1.82, 2.24) is 9.88 Å². The van der Waals surface area contributed by atoms with Crippen LogP contribution in [-0.2, 0) is 0 Å². The summed E-state index contributed by atoms with van der Waals surface area (Å²) < 4.78 is 0. The predicted octanol–water partition coefficient (Wildman–Crippen LogP) is 0.288. The number of rotatable bonds is 1. The third-order valence-corrected chi connectivity index (χ3v) is 2.33. The molecule has 1 fully saturated rings. The summed E-state index contributed by atoms with van der Waals surface area (Å²) in [7, 11) is 0. The maximum atomic E-state index is 11.7. The van der Waals surface area contributed by atoms with Crippen LogP contribution in [0.5, 0.6) is 0 Å². The zero-order valence-electron chi connectivity index (χ0n) is 7.76. The molecule has 1 aromatic rings. The van der Waals surface area contributed by atoms with E-state index in [1.807, 2.05) is 0 Å². The number of aliphatic hydroxyl groups is 1. The van der Waals surface area contributed by atoms with E-state index in [4.69, 9.17) is 0 Å². The van der Waals surface area contributed by atoms with Crippen LogP contribution < -0.4 is 0 Å². The molecule has 0 aliphatic carbocycles. The molecule has 1 atom stereocenters. The second-order valence-electron chi connectivity index (χ2n) is 3.41. The van der Waals surface area contributed by atoms with Crippen molar-refractivity contribution in [2.45, 2.75) is 12.5 Å². The van der Waals surface area contributed by atoms with Crippen LogP contribution in [-0.4, -0.2) is 40.1 Å². The maximum absolute atomic E-state index is 11.7. The molecule has 14 heavy (non-hydrogen) atoms. The standard InChI is InChI=1S/C10H12N2O2/c13-8-4-6-12(7-8)10(14)9-3-1-2-5-11-9/h1-3,5,8,13H,4,6-7H2/t8-/m1/s1. The Morgan fingerprint density at radius 3 is 3.00 bits per heavy atom. The van der Waals surface area contributed by atoms with Crippen LogP contribution >= 0.6 is 0 Å². The summed E-state index contributed by atoms with van der Waals surface area (Å²) in [4.78, 5) is 17.4. The number of aromatic nitrogens is 1. The van der Waals surface area contributed by atoms with Gasteiger partial charge in [0, 0.05) is 19.3 Å². The SMILES string of the molecule is O=C(c1ccccn1)N1CC[C@@H](O)C1. The number of hydrogen-bond acceptors (Lipinski definition) is 3. The fourth-order valence-electron chi connectivity index (χ4n) is 1.58. The van der Waals surface area contributed by atoms with Gasteiger partial charge < -0.3 is 10.0 Å². The predicted molar refractivity (Wildman–Crippen MR) is 50.8 cm³/mol. The highest BCUT2D eigenvalue weighted by Gasteiger charge is 2.25. The molecule has 0 unspecified atom stereocenters. The molecule has 1 N–H and O–H groups in total. The van der Waals surface area contributed by atoms with Crippen LogP contribution in [0.3, 0.4) is 0 Å². The third kappa shape index (κ3) is 1.75. The van der Waals surface area contributed by atoms with Gasteiger partial charge in [0.15, 0.2) is 0 Å². The molecule has 1 aromatic heterocycles. The molecule has 4 nitrogen and oxygen atoms in total. The Bertz CT molecular complexity index is 326. The Morgan fingerprint density at radius 2 is 2.43 bits per heavy atom. The fraction of sp³-hybridized carbons (Fsp3) is 0.400. The molecular weight excluding hydrogens is 180 g/mol. The lowest BCUT2D eigenvalue weighted by Crippen LogP contribution is -2.30. The molecule has 0 spiro atoms. The number of likely N-dealkylation sites (tertiary alicyclic amines) is 1. The van der Waals surface area contributed by atoms with E-state index in [1.54, 1.807) is 29.3 Å². The minimum absolute atomic E-state index is 0.0952. The first-order valence-electron chi connectivity index (χ1n) is 4.66. The smallest absolute Gasteiger partial charge is 0.272 e. The minimum atomic E-state index is -0.373. The number of aliphatic hydroxyl groups excluding tert-OH is 1. The van der Waals surface area contributed by atoms with Crippen LogP contribution in [0.1, 0.15) is 16.9 Å². The largest absolute Gasteiger partial charge is 0.391 e. The van der Waals surface area contributed by atoms with Crippen LogP contribution in [0.2, 0.25) is 0 Å².